The predicted molar refractivity (Wildman–Crippen MR) is 116 cm³/mol. The number of piperazine rings is 1. The Morgan fingerprint density at radius 1 is 1.07 bits per heavy atom. The third-order valence-electron chi connectivity index (χ3n) is 5.43. The van der Waals surface area contributed by atoms with Crippen LogP contribution in [0, 0.1) is 0 Å². The molecule has 1 aromatic heterocycles. The number of para-hydroxylation sites is 2. The fourth-order valence-electron chi connectivity index (χ4n) is 3.77. The Balaban J connectivity index is 1.38. The summed E-state index contributed by atoms with van der Waals surface area (Å²) < 4.78 is 1.60. The number of aromatic nitrogens is 2. The second-order valence-electron chi connectivity index (χ2n) is 7.26. The summed E-state index contributed by atoms with van der Waals surface area (Å²) in [5, 5.41) is 0.713. The second kappa shape index (κ2) is 8.25. The number of carbonyl (C=O) groups is 1. The van der Waals surface area contributed by atoms with E-state index >= 15 is 0 Å². The van der Waals surface area contributed by atoms with E-state index in [1.165, 1.54) is 0 Å². The minimum atomic E-state index is -0.137. The monoisotopic (exact) mass is 410 g/mol. The lowest BCUT2D eigenvalue weighted by Crippen LogP contribution is -2.49. The van der Waals surface area contributed by atoms with Crippen molar-refractivity contribution in [2.45, 2.75) is 12.8 Å². The number of fused-ring (bicyclic) bond motifs is 1. The van der Waals surface area contributed by atoms with Gasteiger partial charge in [0.2, 0.25) is 5.91 Å². The van der Waals surface area contributed by atoms with E-state index in [1.807, 2.05) is 53.4 Å². The SMILES string of the molecule is Cn1c(=O)c(CCC(=O)N2CCN(c3cccc(Cl)c3)CC2)nc2ccccc21. The van der Waals surface area contributed by atoms with Crippen molar-refractivity contribution in [3.8, 4) is 0 Å². The lowest BCUT2D eigenvalue weighted by molar-refractivity contribution is -0.131. The highest BCUT2D eigenvalue weighted by Crippen LogP contribution is 2.21. The van der Waals surface area contributed by atoms with Crippen LogP contribution in [0.25, 0.3) is 11.0 Å². The molecule has 6 nitrogen and oxygen atoms in total. The highest BCUT2D eigenvalue weighted by molar-refractivity contribution is 6.30. The van der Waals surface area contributed by atoms with E-state index < -0.39 is 0 Å². The van der Waals surface area contributed by atoms with Crippen LogP contribution in [0.5, 0.6) is 0 Å². The maximum absolute atomic E-state index is 12.7. The van der Waals surface area contributed by atoms with Crippen molar-refractivity contribution in [3.63, 3.8) is 0 Å². The van der Waals surface area contributed by atoms with Crippen molar-refractivity contribution in [2.75, 3.05) is 31.1 Å². The number of carbonyl (C=O) groups excluding carboxylic acids is 1. The highest BCUT2D eigenvalue weighted by Gasteiger charge is 2.22. The van der Waals surface area contributed by atoms with Crippen LogP contribution in [0.2, 0.25) is 5.02 Å². The third-order valence-corrected chi connectivity index (χ3v) is 5.67. The number of aryl methyl sites for hydroxylation is 2. The van der Waals surface area contributed by atoms with Crippen LogP contribution in [-0.4, -0.2) is 46.5 Å². The minimum Gasteiger partial charge on any atom is -0.368 e. The Hall–Kier alpha value is -2.86. The van der Waals surface area contributed by atoms with Gasteiger partial charge in [-0.05, 0) is 30.3 Å². The molecule has 1 aliphatic heterocycles. The summed E-state index contributed by atoms with van der Waals surface area (Å²) >= 11 is 6.08. The summed E-state index contributed by atoms with van der Waals surface area (Å²) in [6.07, 6.45) is 0.641. The van der Waals surface area contributed by atoms with E-state index in [0.717, 1.165) is 29.8 Å². The van der Waals surface area contributed by atoms with Gasteiger partial charge in [-0.2, -0.15) is 0 Å². The molecule has 0 atom stereocenters. The van der Waals surface area contributed by atoms with Gasteiger partial charge in [0.1, 0.15) is 5.69 Å². The molecular formula is C22H23ClN4O2. The van der Waals surface area contributed by atoms with Gasteiger partial charge in [0.25, 0.3) is 5.56 Å². The third kappa shape index (κ3) is 4.12. The van der Waals surface area contributed by atoms with Gasteiger partial charge in [-0.1, -0.05) is 29.8 Å². The smallest absolute Gasteiger partial charge is 0.272 e. The fraction of sp³-hybridized carbons (Fsp3) is 0.318. The van der Waals surface area contributed by atoms with Gasteiger partial charge >= 0.3 is 0 Å². The zero-order valence-electron chi connectivity index (χ0n) is 16.3. The maximum atomic E-state index is 12.7. The van der Waals surface area contributed by atoms with Crippen LogP contribution in [-0.2, 0) is 18.3 Å². The van der Waals surface area contributed by atoms with E-state index in [1.54, 1.807) is 11.6 Å². The Labute approximate surface area is 174 Å². The summed E-state index contributed by atoms with van der Waals surface area (Å²) in [6.45, 7) is 2.85. The molecule has 0 unspecified atom stereocenters. The molecule has 1 fully saturated rings. The topological polar surface area (TPSA) is 58.4 Å². The molecule has 1 aliphatic rings. The van der Waals surface area contributed by atoms with Crippen LogP contribution >= 0.6 is 11.6 Å². The van der Waals surface area contributed by atoms with Crippen LogP contribution in [0.3, 0.4) is 0 Å². The van der Waals surface area contributed by atoms with Gasteiger partial charge in [0.15, 0.2) is 0 Å². The number of rotatable bonds is 4. The molecule has 0 spiro atoms. The van der Waals surface area contributed by atoms with Gasteiger partial charge in [-0.25, -0.2) is 4.98 Å². The molecule has 2 heterocycles. The minimum absolute atomic E-state index is 0.0627. The second-order valence-corrected chi connectivity index (χ2v) is 7.70. The zero-order chi connectivity index (χ0) is 20.4. The van der Waals surface area contributed by atoms with Crippen LogP contribution in [0.1, 0.15) is 12.1 Å². The number of halogens is 1. The molecule has 0 radical (unpaired) electrons. The van der Waals surface area contributed by atoms with Gasteiger partial charge in [-0.3, -0.25) is 9.59 Å². The summed E-state index contributed by atoms with van der Waals surface area (Å²) in [7, 11) is 1.74. The molecule has 3 aromatic rings. The summed E-state index contributed by atoms with van der Waals surface area (Å²) in [4.78, 5) is 33.8. The number of benzene rings is 2. The van der Waals surface area contributed by atoms with Gasteiger partial charge < -0.3 is 14.4 Å². The molecular weight excluding hydrogens is 388 g/mol. The Morgan fingerprint density at radius 2 is 1.83 bits per heavy atom. The predicted octanol–water partition coefficient (Wildman–Crippen LogP) is 2.87. The molecule has 150 valence electrons. The van der Waals surface area contributed by atoms with Crippen molar-refractivity contribution in [3.05, 3.63) is 69.6 Å². The molecule has 2 aromatic carbocycles. The van der Waals surface area contributed by atoms with Crippen molar-refractivity contribution in [2.24, 2.45) is 7.05 Å². The molecule has 29 heavy (non-hydrogen) atoms. The number of hydrogen-bond donors (Lipinski definition) is 0. The van der Waals surface area contributed by atoms with Crippen LogP contribution < -0.4 is 10.5 Å². The first-order valence-corrected chi connectivity index (χ1v) is 10.1. The summed E-state index contributed by atoms with van der Waals surface area (Å²) in [5.74, 6) is 0.0627. The summed E-state index contributed by atoms with van der Waals surface area (Å²) in [6, 6.07) is 15.3. The van der Waals surface area contributed by atoms with E-state index in [0.29, 0.717) is 30.2 Å². The molecule has 7 heteroatoms. The number of amides is 1. The lowest BCUT2D eigenvalue weighted by Gasteiger charge is -2.36. The molecule has 4 rings (SSSR count). The van der Waals surface area contributed by atoms with E-state index in [-0.39, 0.29) is 17.9 Å². The maximum Gasteiger partial charge on any atom is 0.272 e. The van der Waals surface area contributed by atoms with Gasteiger partial charge in [0.05, 0.1) is 11.0 Å². The fourth-order valence-corrected chi connectivity index (χ4v) is 3.96. The molecule has 0 aliphatic carbocycles. The number of nitrogens with zero attached hydrogens (tertiary/aromatic N) is 4. The molecule has 0 saturated carbocycles. The molecule has 1 saturated heterocycles. The molecule has 1 amide bonds. The average molecular weight is 411 g/mol. The Bertz CT molecular complexity index is 1100. The molecule has 0 N–H and O–H groups in total. The number of anilines is 1. The van der Waals surface area contributed by atoms with Crippen molar-refractivity contribution < 1.29 is 4.79 Å². The van der Waals surface area contributed by atoms with Crippen LogP contribution in [0.4, 0.5) is 5.69 Å². The van der Waals surface area contributed by atoms with Gasteiger partial charge in [-0.15, -0.1) is 0 Å². The standard InChI is InChI=1S/C22H23ClN4O2/c1-25-20-8-3-2-7-18(20)24-19(22(25)29)9-10-21(28)27-13-11-26(12-14-27)17-6-4-5-16(23)15-17/h2-8,15H,9-14H2,1H3. The van der Waals surface area contributed by atoms with E-state index in [4.69, 9.17) is 11.6 Å². The van der Waals surface area contributed by atoms with Crippen LogP contribution in [0.15, 0.2) is 53.3 Å². The zero-order valence-corrected chi connectivity index (χ0v) is 17.1. The largest absolute Gasteiger partial charge is 0.368 e. The van der Waals surface area contributed by atoms with E-state index in [2.05, 4.69) is 9.88 Å². The van der Waals surface area contributed by atoms with Crippen molar-refractivity contribution >= 4 is 34.2 Å². The van der Waals surface area contributed by atoms with Gasteiger partial charge in [0, 0.05) is 56.8 Å². The normalized spacial score (nSPS) is 14.4. The first-order chi connectivity index (χ1) is 14.0. The van der Waals surface area contributed by atoms with E-state index in [9.17, 15) is 9.59 Å². The Kier molecular flexibility index (Phi) is 5.53. The van der Waals surface area contributed by atoms with Crippen molar-refractivity contribution in [1.29, 1.82) is 0 Å². The first kappa shape index (κ1) is 19.5. The Morgan fingerprint density at radius 3 is 2.59 bits per heavy atom. The lowest BCUT2D eigenvalue weighted by atomic mass is 10.2. The molecule has 0 bridgehead atoms. The number of hydrogen-bond acceptors (Lipinski definition) is 4. The highest BCUT2D eigenvalue weighted by atomic mass is 35.5. The summed E-state index contributed by atoms with van der Waals surface area (Å²) in [5.41, 5.74) is 2.95. The first-order valence-electron chi connectivity index (χ1n) is 9.76. The average Bonchev–Trinajstić information content (AvgIpc) is 2.75. The quantitative estimate of drug-likeness (QED) is 0.663. The van der Waals surface area contributed by atoms with Crippen molar-refractivity contribution in [1.82, 2.24) is 14.5 Å².